The van der Waals surface area contributed by atoms with Gasteiger partial charge < -0.3 is 20.2 Å². The summed E-state index contributed by atoms with van der Waals surface area (Å²) in [7, 11) is 4.50. The lowest BCUT2D eigenvalue weighted by atomic mass is 9.33. The van der Waals surface area contributed by atoms with Crippen LogP contribution in [-0.4, -0.2) is 58.7 Å². The molecule has 0 aromatic carbocycles. The van der Waals surface area contributed by atoms with E-state index in [0.29, 0.717) is 29.6 Å². The Labute approximate surface area is 259 Å². The van der Waals surface area contributed by atoms with Gasteiger partial charge in [0.2, 0.25) is 0 Å². The third-order valence-corrected chi connectivity index (χ3v) is 15.8. The second kappa shape index (κ2) is 11.0. The lowest BCUT2D eigenvalue weighted by molar-refractivity contribution is -0.283. The molecule has 0 radical (unpaired) electrons. The van der Waals surface area contributed by atoms with Gasteiger partial charge in [-0.3, -0.25) is 0 Å². The third kappa shape index (κ3) is 4.89. The van der Waals surface area contributed by atoms with E-state index in [4.69, 9.17) is 0 Å². The summed E-state index contributed by atoms with van der Waals surface area (Å²) in [6.07, 6.45) is 8.60. The van der Waals surface area contributed by atoms with Crippen LogP contribution in [0.3, 0.4) is 0 Å². The highest BCUT2D eigenvalue weighted by Crippen LogP contribution is 2.73. The summed E-state index contributed by atoms with van der Waals surface area (Å²) >= 11 is 0. The average Bonchev–Trinajstić information content (AvgIpc) is 2.85. The van der Waals surface area contributed by atoms with Gasteiger partial charge in [0.25, 0.3) is 0 Å². The molecule has 244 valence electrons. The van der Waals surface area contributed by atoms with Crippen molar-refractivity contribution in [1.29, 1.82) is 0 Å². The Bertz CT molecular complexity index is 966. The first kappa shape index (κ1) is 33.2. The number of fused-ring (bicyclic) bond motifs is 3. The topological polar surface area (TPSA) is 63.9 Å². The van der Waals surface area contributed by atoms with Crippen molar-refractivity contribution in [3.05, 3.63) is 0 Å². The number of nitrogens with zero attached hydrogens (tertiary/aromatic N) is 1. The molecule has 0 aliphatic heterocycles. The molecule has 0 saturated heterocycles. The average molecular weight is 588 g/mol. The summed E-state index contributed by atoms with van der Waals surface area (Å²) in [6.45, 7) is 23.6. The highest BCUT2D eigenvalue weighted by atomic mass is 16.3. The molecule has 4 heteroatoms. The minimum absolute atomic E-state index is 0.0120. The van der Waals surface area contributed by atoms with Crippen molar-refractivity contribution in [2.75, 3.05) is 14.1 Å². The molecule has 42 heavy (non-hydrogen) atoms. The second-order valence-electron chi connectivity index (χ2n) is 19.1. The zero-order valence-electron chi connectivity index (χ0n) is 29.5. The summed E-state index contributed by atoms with van der Waals surface area (Å²) in [6, 6.07) is 0.721. The zero-order chi connectivity index (χ0) is 31.3. The second-order valence-corrected chi connectivity index (χ2v) is 19.1. The maximum absolute atomic E-state index is 12.8. The van der Waals surface area contributed by atoms with Gasteiger partial charge in [0.15, 0.2) is 0 Å². The molecule has 0 heterocycles. The summed E-state index contributed by atoms with van der Waals surface area (Å²) in [5, 5.41) is 35.7. The fraction of sp³-hybridized carbons (Fsp3) is 1.00. The van der Waals surface area contributed by atoms with Crippen LogP contribution >= 0.6 is 0 Å². The van der Waals surface area contributed by atoms with Gasteiger partial charge in [0.05, 0.1) is 18.3 Å². The first-order chi connectivity index (χ1) is 19.3. The summed E-state index contributed by atoms with van der Waals surface area (Å²) in [5.41, 5.74) is -0.0436. The van der Waals surface area contributed by atoms with Crippen LogP contribution in [0.25, 0.3) is 0 Å². The van der Waals surface area contributed by atoms with Crippen LogP contribution in [0.15, 0.2) is 0 Å². The van der Waals surface area contributed by atoms with Crippen molar-refractivity contribution >= 4 is 0 Å². The van der Waals surface area contributed by atoms with Gasteiger partial charge in [-0.25, -0.2) is 0 Å². The largest absolute Gasteiger partial charge is 0.393 e. The van der Waals surface area contributed by atoms with Crippen LogP contribution < -0.4 is 0 Å². The Morgan fingerprint density at radius 3 is 2.00 bits per heavy atom. The van der Waals surface area contributed by atoms with E-state index in [1.165, 1.54) is 38.5 Å². The first-order valence-electron chi connectivity index (χ1n) is 18.0. The molecule has 0 spiro atoms. The normalized spacial score (nSPS) is 55.9. The van der Waals surface area contributed by atoms with E-state index in [0.717, 1.165) is 24.8 Å². The van der Waals surface area contributed by atoms with E-state index >= 15 is 0 Å². The van der Waals surface area contributed by atoms with Gasteiger partial charge in [-0.15, -0.1) is 0 Å². The maximum Gasteiger partial charge on any atom is 0.0656 e. The Balaban J connectivity index is 1.54. The summed E-state index contributed by atoms with van der Waals surface area (Å²) < 4.78 is 0. The van der Waals surface area contributed by atoms with Crippen molar-refractivity contribution in [2.45, 2.75) is 145 Å². The number of aliphatic hydroxyl groups excluding tert-OH is 3. The minimum Gasteiger partial charge on any atom is -0.393 e. The van der Waals surface area contributed by atoms with Crippen molar-refractivity contribution in [2.24, 2.45) is 80.8 Å². The number of aliphatic hydroxyl groups is 3. The van der Waals surface area contributed by atoms with Crippen molar-refractivity contribution in [1.82, 2.24) is 4.90 Å². The van der Waals surface area contributed by atoms with Crippen molar-refractivity contribution in [3.8, 4) is 0 Å². The highest BCUT2D eigenvalue weighted by molar-refractivity contribution is 5.19. The van der Waals surface area contributed by atoms with Crippen molar-refractivity contribution in [3.63, 3.8) is 0 Å². The van der Waals surface area contributed by atoms with Crippen LogP contribution in [0.5, 0.6) is 0 Å². The number of hydrogen-bond acceptors (Lipinski definition) is 4. The predicted molar refractivity (Wildman–Crippen MR) is 174 cm³/mol. The number of hydrogen-bond donors (Lipinski definition) is 3. The van der Waals surface area contributed by atoms with Gasteiger partial charge in [-0.2, -0.15) is 0 Å². The van der Waals surface area contributed by atoms with Crippen LogP contribution in [0, 0.1) is 80.8 Å². The molecule has 5 fully saturated rings. The zero-order valence-corrected chi connectivity index (χ0v) is 29.5. The molecule has 0 bridgehead atoms. The van der Waals surface area contributed by atoms with E-state index in [1.54, 1.807) is 0 Å². The van der Waals surface area contributed by atoms with E-state index in [-0.39, 0.29) is 51.4 Å². The minimum atomic E-state index is -0.554. The molecule has 15 atom stereocenters. The molecule has 5 rings (SSSR count). The Morgan fingerprint density at radius 2 is 1.48 bits per heavy atom. The van der Waals surface area contributed by atoms with Crippen LogP contribution in [0.2, 0.25) is 0 Å². The fourth-order valence-electron chi connectivity index (χ4n) is 13.8. The highest BCUT2D eigenvalue weighted by Gasteiger charge is 2.71. The molecule has 5 saturated carbocycles. The van der Waals surface area contributed by atoms with Gasteiger partial charge in [-0.1, -0.05) is 62.3 Å². The van der Waals surface area contributed by atoms with E-state index in [1.807, 2.05) is 6.92 Å². The monoisotopic (exact) mass is 588 g/mol. The van der Waals surface area contributed by atoms with Gasteiger partial charge in [-0.05, 0) is 142 Å². The Kier molecular flexibility index (Phi) is 8.68. The molecule has 5 aliphatic carbocycles. The van der Waals surface area contributed by atoms with E-state index < -0.39 is 12.2 Å². The maximum atomic E-state index is 12.8. The third-order valence-electron chi connectivity index (χ3n) is 15.8. The van der Waals surface area contributed by atoms with Crippen LogP contribution in [0.1, 0.15) is 121 Å². The SMILES string of the molecule is CC(O)C1C(C)CC2(C)CC3(C)CC4C(C5CCC(N(C)C)CC5)CC(C(C)(C)C)C(C)C4C(O)C3C(C)C2(C)C1O. The lowest BCUT2D eigenvalue weighted by Crippen LogP contribution is -2.71. The molecule has 0 amide bonds. The molecule has 15 unspecified atom stereocenters. The summed E-state index contributed by atoms with van der Waals surface area (Å²) in [4.78, 5) is 2.44. The lowest BCUT2D eigenvalue weighted by Gasteiger charge is -2.72. The predicted octanol–water partition coefficient (Wildman–Crippen LogP) is 7.49. The Morgan fingerprint density at radius 1 is 0.881 bits per heavy atom. The first-order valence-corrected chi connectivity index (χ1v) is 18.0. The standard InChI is InChI=1S/C38H69NO3/c1-21-18-37(9)20-36(8)19-28-27(25-13-15-26(16-14-25)39(11)12)17-29(35(5,6)7)22(2)31(28)33(41)32(36)23(3)38(37,10)34(42)30(21)24(4)40/h21-34,40-42H,13-20H2,1-12H3. The van der Waals surface area contributed by atoms with Crippen LogP contribution in [0.4, 0.5) is 0 Å². The molecule has 5 aliphatic rings. The smallest absolute Gasteiger partial charge is 0.0656 e. The van der Waals surface area contributed by atoms with Gasteiger partial charge in [0, 0.05) is 17.4 Å². The molecular formula is C38H69NO3. The number of rotatable bonds is 3. The Hall–Kier alpha value is -0.160. The molecule has 3 N–H and O–H groups in total. The molecular weight excluding hydrogens is 518 g/mol. The molecule has 4 nitrogen and oxygen atoms in total. The fourth-order valence-corrected chi connectivity index (χ4v) is 13.8. The van der Waals surface area contributed by atoms with Gasteiger partial charge >= 0.3 is 0 Å². The van der Waals surface area contributed by atoms with Crippen molar-refractivity contribution < 1.29 is 15.3 Å². The van der Waals surface area contributed by atoms with Gasteiger partial charge in [0.1, 0.15) is 0 Å². The summed E-state index contributed by atoms with van der Waals surface area (Å²) in [5.74, 6) is 4.08. The molecule has 0 aromatic rings. The molecule has 0 aromatic heterocycles. The van der Waals surface area contributed by atoms with E-state index in [2.05, 4.69) is 81.3 Å². The van der Waals surface area contributed by atoms with E-state index in [9.17, 15) is 15.3 Å². The quantitative estimate of drug-likeness (QED) is 0.320. The van der Waals surface area contributed by atoms with Crippen LogP contribution in [-0.2, 0) is 0 Å².